The molecule has 34 heavy (non-hydrogen) atoms. The van der Waals surface area contributed by atoms with Gasteiger partial charge >= 0.3 is 11.9 Å². The highest BCUT2D eigenvalue weighted by atomic mass is 16.7. The zero-order chi connectivity index (χ0) is 25.3. The fourth-order valence-electron chi connectivity index (χ4n) is 4.43. The van der Waals surface area contributed by atoms with Crippen molar-refractivity contribution in [2.24, 2.45) is 5.92 Å². The summed E-state index contributed by atoms with van der Waals surface area (Å²) in [6, 6.07) is 0. The van der Waals surface area contributed by atoms with Gasteiger partial charge in [-0.1, -0.05) is 42.7 Å². The number of carboxylic acid groups (broad SMARTS) is 1. The van der Waals surface area contributed by atoms with Crippen LogP contribution in [0.25, 0.3) is 0 Å². The van der Waals surface area contributed by atoms with Crippen LogP contribution in [0.3, 0.4) is 0 Å². The monoisotopic (exact) mass is 473 g/mol. The third-order valence-electron chi connectivity index (χ3n) is 6.33. The van der Waals surface area contributed by atoms with Gasteiger partial charge in [-0.15, -0.1) is 0 Å². The number of carboxylic acids is 1. The zero-order valence-corrected chi connectivity index (χ0v) is 20.9. The maximum atomic E-state index is 12.2. The Bertz CT molecular complexity index is 897. The number of allylic oxidation sites excluding steroid dienone is 4. The van der Waals surface area contributed by atoms with Gasteiger partial charge in [-0.3, -0.25) is 9.59 Å². The minimum Gasteiger partial charge on any atom is -0.480 e. The zero-order valence-electron chi connectivity index (χ0n) is 20.9. The molecule has 2 aliphatic heterocycles. The molecule has 0 aromatic heterocycles. The molecule has 0 saturated heterocycles. The minimum atomic E-state index is -1.45. The number of nitrogens with zero attached hydrogens (tertiary/aromatic N) is 1. The van der Waals surface area contributed by atoms with Gasteiger partial charge in [-0.05, 0) is 71.3 Å². The van der Waals surface area contributed by atoms with Crippen molar-refractivity contribution in [3.63, 3.8) is 0 Å². The number of cyclic esters (lactones) is 1. The van der Waals surface area contributed by atoms with Crippen LogP contribution in [-0.4, -0.2) is 51.8 Å². The lowest BCUT2D eigenvalue weighted by molar-refractivity contribution is -0.183. The first-order valence-electron chi connectivity index (χ1n) is 12.2. The molecule has 188 valence electrons. The molecule has 0 saturated carbocycles. The van der Waals surface area contributed by atoms with E-state index in [2.05, 4.69) is 32.9 Å². The molecular weight excluding hydrogens is 434 g/mol. The van der Waals surface area contributed by atoms with E-state index in [0.717, 1.165) is 38.5 Å². The van der Waals surface area contributed by atoms with Crippen LogP contribution < -0.4 is 0 Å². The Morgan fingerprint density at radius 2 is 1.88 bits per heavy atom. The van der Waals surface area contributed by atoms with Crippen molar-refractivity contribution in [3.8, 4) is 0 Å². The lowest BCUT2D eigenvalue weighted by Gasteiger charge is -2.23. The molecule has 0 fully saturated rings. The number of aliphatic carboxylic acids is 1. The Hall–Kier alpha value is -2.67. The van der Waals surface area contributed by atoms with Gasteiger partial charge < -0.3 is 19.8 Å². The average molecular weight is 474 g/mol. The molecule has 7 heteroatoms. The van der Waals surface area contributed by atoms with E-state index in [-0.39, 0.29) is 18.4 Å². The number of carbonyl (C=O) groups excluding carboxylic acids is 2. The fraction of sp³-hybridized carbons (Fsp3) is 0.593. The van der Waals surface area contributed by atoms with Gasteiger partial charge in [0, 0.05) is 24.1 Å². The third-order valence-corrected chi connectivity index (χ3v) is 6.33. The number of hydrogen-bond acceptors (Lipinski definition) is 5. The molecule has 7 nitrogen and oxygen atoms in total. The average Bonchev–Trinajstić information content (AvgIpc) is 3.19. The van der Waals surface area contributed by atoms with Crippen LogP contribution in [0.1, 0.15) is 79.1 Å². The second-order valence-electron chi connectivity index (χ2n) is 9.75. The molecule has 1 amide bonds. The summed E-state index contributed by atoms with van der Waals surface area (Å²) in [6.07, 6.45) is 14.5. The number of esters is 1. The van der Waals surface area contributed by atoms with E-state index < -0.39 is 17.7 Å². The standard InChI is InChI=1S/C27H39NO6/c1-19(10-6-12-21(3)16-27(33)17-22(4)26(32)34-27)8-5-9-20(2)11-7-13-23-14-15-28(25(23)31)18-24(29)30/h8,11,14,17,21,33H,5-7,9-10,12-13,15-16,18H2,1-4H3,(H,29,30)/b19-8+,20-11+/t21-,27?/m1/s1. The fourth-order valence-corrected chi connectivity index (χ4v) is 4.43. The lowest BCUT2D eigenvalue weighted by atomic mass is 9.94. The molecular formula is C27H39NO6. The van der Waals surface area contributed by atoms with E-state index in [9.17, 15) is 19.5 Å². The Morgan fingerprint density at radius 1 is 1.21 bits per heavy atom. The molecule has 2 heterocycles. The first-order valence-corrected chi connectivity index (χ1v) is 12.2. The van der Waals surface area contributed by atoms with Crippen LogP contribution in [0.4, 0.5) is 0 Å². The number of rotatable bonds is 14. The van der Waals surface area contributed by atoms with Crippen molar-refractivity contribution >= 4 is 17.8 Å². The topological polar surface area (TPSA) is 104 Å². The van der Waals surface area contributed by atoms with Crippen molar-refractivity contribution in [1.82, 2.24) is 4.90 Å². The summed E-state index contributed by atoms with van der Waals surface area (Å²) in [5.41, 5.74) is 3.81. The second kappa shape index (κ2) is 12.7. The SMILES string of the molecule is CC1=CC(O)(C[C@H](C)CCC/C(C)=C/CC/C(C)=C/CCC2=CCN(CC(=O)O)C2=O)OC1=O. The van der Waals surface area contributed by atoms with E-state index in [0.29, 0.717) is 30.5 Å². The molecule has 2 aliphatic rings. The first kappa shape index (κ1) is 27.6. The molecule has 2 rings (SSSR count). The highest BCUT2D eigenvalue weighted by molar-refractivity contribution is 5.97. The molecule has 2 N–H and O–H groups in total. The van der Waals surface area contributed by atoms with Crippen LogP contribution in [-0.2, 0) is 19.1 Å². The summed E-state index contributed by atoms with van der Waals surface area (Å²) in [5, 5.41) is 19.2. The van der Waals surface area contributed by atoms with Crippen molar-refractivity contribution < 1.29 is 29.3 Å². The van der Waals surface area contributed by atoms with E-state index in [1.54, 1.807) is 6.92 Å². The van der Waals surface area contributed by atoms with Gasteiger partial charge in [0.25, 0.3) is 0 Å². The summed E-state index contributed by atoms with van der Waals surface area (Å²) in [5.74, 6) is -2.79. The largest absolute Gasteiger partial charge is 0.480 e. The quantitative estimate of drug-likeness (QED) is 0.280. The molecule has 2 atom stereocenters. The van der Waals surface area contributed by atoms with Gasteiger partial charge in [0.15, 0.2) is 0 Å². The lowest BCUT2D eigenvalue weighted by Crippen LogP contribution is -2.32. The van der Waals surface area contributed by atoms with Gasteiger partial charge in [0.05, 0.1) is 0 Å². The Morgan fingerprint density at radius 3 is 2.53 bits per heavy atom. The molecule has 0 aromatic rings. The predicted octanol–water partition coefficient (Wildman–Crippen LogP) is 4.68. The molecule has 0 bridgehead atoms. The van der Waals surface area contributed by atoms with E-state index in [4.69, 9.17) is 9.84 Å². The van der Waals surface area contributed by atoms with Gasteiger partial charge in [-0.25, -0.2) is 4.79 Å². The molecule has 0 spiro atoms. The number of ether oxygens (including phenoxy) is 1. The van der Waals surface area contributed by atoms with Crippen molar-refractivity contribution in [3.05, 3.63) is 46.6 Å². The second-order valence-corrected chi connectivity index (χ2v) is 9.75. The summed E-state index contributed by atoms with van der Waals surface area (Å²) in [7, 11) is 0. The number of amides is 1. The van der Waals surface area contributed by atoms with E-state index >= 15 is 0 Å². The van der Waals surface area contributed by atoms with Crippen LogP contribution in [0.5, 0.6) is 0 Å². The highest BCUT2D eigenvalue weighted by Crippen LogP contribution is 2.30. The predicted molar refractivity (Wildman–Crippen MR) is 131 cm³/mol. The number of aliphatic hydroxyl groups is 1. The summed E-state index contributed by atoms with van der Waals surface area (Å²) < 4.78 is 5.08. The van der Waals surface area contributed by atoms with Gasteiger partial charge in [0.2, 0.25) is 11.7 Å². The number of hydrogen-bond donors (Lipinski definition) is 2. The van der Waals surface area contributed by atoms with Crippen LogP contribution in [0.15, 0.2) is 46.6 Å². The Balaban J connectivity index is 1.61. The molecule has 0 aliphatic carbocycles. The van der Waals surface area contributed by atoms with Crippen LogP contribution >= 0.6 is 0 Å². The summed E-state index contributed by atoms with van der Waals surface area (Å²) in [4.78, 5) is 35.8. The molecule has 1 unspecified atom stereocenters. The third kappa shape index (κ3) is 8.93. The highest BCUT2D eigenvalue weighted by Gasteiger charge is 2.37. The normalized spacial score (nSPS) is 22.1. The first-order chi connectivity index (χ1) is 16.0. The van der Waals surface area contributed by atoms with Gasteiger partial charge in [-0.2, -0.15) is 0 Å². The minimum absolute atomic E-state index is 0.161. The van der Waals surface area contributed by atoms with E-state index in [1.807, 2.05) is 6.08 Å². The van der Waals surface area contributed by atoms with Crippen molar-refractivity contribution in [2.45, 2.75) is 84.8 Å². The molecule has 0 radical (unpaired) electrons. The smallest absolute Gasteiger partial charge is 0.336 e. The van der Waals surface area contributed by atoms with Crippen molar-refractivity contribution in [2.75, 3.05) is 13.1 Å². The van der Waals surface area contributed by atoms with Crippen LogP contribution in [0.2, 0.25) is 0 Å². The van der Waals surface area contributed by atoms with Gasteiger partial charge in [0.1, 0.15) is 6.54 Å². The summed E-state index contributed by atoms with van der Waals surface area (Å²) in [6.45, 7) is 8.11. The van der Waals surface area contributed by atoms with Crippen molar-refractivity contribution in [1.29, 1.82) is 0 Å². The number of carbonyl (C=O) groups is 3. The Labute approximate surface area is 202 Å². The maximum absolute atomic E-state index is 12.2. The molecule has 0 aromatic carbocycles. The maximum Gasteiger partial charge on any atom is 0.336 e. The van der Waals surface area contributed by atoms with Crippen LogP contribution in [0, 0.1) is 5.92 Å². The van der Waals surface area contributed by atoms with E-state index in [1.165, 1.54) is 22.1 Å². The summed E-state index contributed by atoms with van der Waals surface area (Å²) >= 11 is 0. The Kier molecular flexibility index (Phi) is 10.3.